The van der Waals surface area contributed by atoms with Gasteiger partial charge in [-0.2, -0.15) is 0 Å². The van der Waals surface area contributed by atoms with Crippen LogP contribution >= 0.6 is 0 Å². The largest absolute Gasteiger partial charge is 0.472 e. The number of carbonyl (C=O) groups is 1. The van der Waals surface area contributed by atoms with E-state index in [2.05, 4.69) is 0 Å². The summed E-state index contributed by atoms with van der Waals surface area (Å²) in [6, 6.07) is 1.37. The van der Waals surface area contributed by atoms with Crippen LogP contribution in [0.25, 0.3) is 0 Å². The number of hydrogen-bond acceptors (Lipinski definition) is 3. The van der Waals surface area contributed by atoms with E-state index in [1.807, 2.05) is 0 Å². The quantitative estimate of drug-likeness (QED) is 0.650. The molecule has 1 rings (SSSR count). The van der Waals surface area contributed by atoms with Crippen molar-refractivity contribution < 1.29 is 9.21 Å². The molecule has 0 aliphatic carbocycles. The topological polar surface area (TPSA) is 82.2 Å². The average Bonchev–Trinajstić information content (AvgIpc) is 2.35. The highest BCUT2D eigenvalue weighted by Crippen LogP contribution is 2.12. The molecule has 1 atom stereocenters. The smallest absolute Gasteiger partial charge is 0.219 e. The average molecular weight is 154 g/mol. The van der Waals surface area contributed by atoms with Crippen LogP contribution in [-0.2, 0) is 4.79 Å². The van der Waals surface area contributed by atoms with Crippen molar-refractivity contribution in [2.24, 2.45) is 11.5 Å². The monoisotopic (exact) mass is 154 g/mol. The van der Waals surface area contributed by atoms with E-state index in [1.165, 1.54) is 12.5 Å². The summed E-state index contributed by atoms with van der Waals surface area (Å²) in [4.78, 5) is 10.4. The van der Waals surface area contributed by atoms with Crippen LogP contribution in [0.3, 0.4) is 0 Å². The van der Waals surface area contributed by atoms with Gasteiger partial charge in [-0.15, -0.1) is 0 Å². The van der Waals surface area contributed by atoms with Crippen LogP contribution in [0.4, 0.5) is 0 Å². The van der Waals surface area contributed by atoms with Crippen LogP contribution in [0.1, 0.15) is 18.0 Å². The SMILES string of the molecule is NC(=O)CC(N)c1ccoc1. The molecule has 0 spiro atoms. The Hall–Kier alpha value is -1.29. The van der Waals surface area contributed by atoms with Crippen molar-refractivity contribution in [3.8, 4) is 0 Å². The summed E-state index contributed by atoms with van der Waals surface area (Å²) in [5, 5.41) is 0. The number of primary amides is 1. The summed E-state index contributed by atoms with van der Waals surface area (Å²) in [6.45, 7) is 0. The highest BCUT2D eigenvalue weighted by molar-refractivity contribution is 5.74. The van der Waals surface area contributed by atoms with E-state index in [0.717, 1.165) is 5.56 Å². The minimum absolute atomic E-state index is 0.152. The number of carbonyl (C=O) groups excluding carboxylic acids is 1. The van der Waals surface area contributed by atoms with E-state index in [9.17, 15) is 4.79 Å². The molecule has 0 aliphatic heterocycles. The van der Waals surface area contributed by atoms with E-state index < -0.39 is 5.91 Å². The van der Waals surface area contributed by atoms with Crippen LogP contribution < -0.4 is 11.5 Å². The molecule has 11 heavy (non-hydrogen) atoms. The minimum Gasteiger partial charge on any atom is -0.472 e. The molecule has 0 fully saturated rings. The molecule has 4 nitrogen and oxygen atoms in total. The van der Waals surface area contributed by atoms with Gasteiger partial charge in [0.25, 0.3) is 0 Å². The van der Waals surface area contributed by atoms with Crippen molar-refractivity contribution in [1.29, 1.82) is 0 Å². The number of amides is 1. The summed E-state index contributed by atoms with van der Waals surface area (Å²) in [7, 11) is 0. The van der Waals surface area contributed by atoms with Crippen LogP contribution in [0.2, 0.25) is 0 Å². The second kappa shape index (κ2) is 3.21. The Morgan fingerprint density at radius 2 is 2.45 bits per heavy atom. The molecule has 1 aromatic rings. The molecule has 1 heterocycles. The Bertz CT molecular complexity index is 231. The maximum absolute atomic E-state index is 10.4. The molecule has 60 valence electrons. The maximum Gasteiger partial charge on any atom is 0.219 e. The zero-order chi connectivity index (χ0) is 8.27. The third-order valence-corrected chi connectivity index (χ3v) is 1.39. The van der Waals surface area contributed by atoms with E-state index in [0.29, 0.717) is 0 Å². The second-order valence-corrected chi connectivity index (χ2v) is 2.33. The van der Waals surface area contributed by atoms with Gasteiger partial charge in [0.05, 0.1) is 12.5 Å². The first-order valence-corrected chi connectivity index (χ1v) is 3.26. The van der Waals surface area contributed by atoms with Gasteiger partial charge in [-0.3, -0.25) is 4.79 Å². The zero-order valence-corrected chi connectivity index (χ0v) is 5.99. The predicted octanol–water partition coefficient (Wildman–Crippen LogP) is 0.155. The summed E-state index contributed by atoms with van der Waals surface area (Å²) in [5.41, 5.74) is 11.3. The van der Waals surface area contributed by atoms with E-state index >= 15 is 0 Å². The first kappa shape index (κ1) is 7.81. The lowest BCUT2D eigenvalue weighted by molar-refractivity contribution is -0.118. The van der Waals surface area contributed by atoms with Crippen LogP contribution in [0.15, 0.2) is 23.0 Å². The highest BCUT2D eigenvalue weighted by Gasteiger charge is 2.09. The van der Waals surface area contributed by atoms with Crippen molar-refractivity contribution >= 4 is 5.91 Å². The fourth-order valence-corrected chi connectivity index (χ4v) is 0.821. The molecular weight excluding hydrogens is 144 g/mol. The van der Waals surface area contributed by atoms with Gasteiger partial charge >= 0.3 is 0 Å². The van der Waals surface area contributed by atoms with Gasteiger partial charge in [0.2, 0.25) is 5.91 Å². The molecular formula is C7H10N2O2. The molecule has 4 N–H and O–H groups in total. The number of rotatable bonds is 3. The van der Waals surface area contributed by atoms with Crippen LogP contribution in [0.5, 0.6) is 0 Å². The Morgan fingerprint density at radius 3 is 2.91 bits per heavy atom. The molecule has 0 radical (unpaired) electrons. The zero-order valence-electron chi connectivity index (χ0n) is 5.99. The molecule has 0 aliphatic rings. The van der Waals surface area contributed by atoms with Gasteiger partial charge in [0.15, 0.2) is 0 Å². The standard InChI is InChI=1S/C7H10N2O2/c8-6(3-7(9)10)5-1-2-11-4-5/h1-2,4,6H,3,8H2,(H2,9,10). The van der Waals surface area contributed by atoms with Crippen LogP contribution in [-0.4, -0.2) is 5.91 Å². The lowest BCUT2D eigenvalue weighted by Gasteiger charge is -2.04. The van der Waals surface area contributed by atoms with Gasteiger partial charge < -0.3 is 15.9 Å². The molecule has 0 aromatic carbocycles. The molecule has 0 saturated heterocycles. The number of hydrogen-bond donors (Lipinski definition) is 2. The van der Waals surface area contributed by atoms with Crippen LogP contribution in [0, 0.1) is 0 Å². The number of furan rings is 1. The lowest BCUT2D eigenvalue weighted by Crippen LogP contribution is -2.20. The fourth-order valence-electron chi connectivity index (χ4n) is 0.821. The maximum atomic E-state index is 10.4. The van der Waals surface area contributed by atoms with Gasteiger partial charge in [0, 0.05) is 18.0 Å². The summed E-state index contributed by atoms with van der Waals surface area (Å²) in [6.07, 6.45) is 3.17. The molecule has 1 aromatic heterocycles. The van der Waals surface area contributed by atoms with E-state index in [-0.39, 0.29) is 12.5 Å². The van der Waals surface area contributed by atoms with Gasteiger partial charge in [0.1, 0.15) is 0 Å². The second-order valence-electron chi connectivity index (χ2n) is 2.33. The number of nitrogens with two attached hydrogens (primary N) is 2. The normalized spacial score (nSPS) is 12.8. The van der Waals surface area contributed by atoms with Gasteiger partial charge in [-0.05, 0) is 6.07 Å². The van der Waals surface area contributed by atoms with E-state index in [4.69, 9.17) is 15.9 Å². The first-order valence-electron chi connectivity index (χ1n) is 3.26. The fraction of sp³-hybridized carbons (Fsp3) is 0.286. The minimum atomic E-state index is -0.404. The Kier molecular flexibility index (Phi) is 2.28. The van der Waals surface area contributed by atoms with Crippen molar-refractivity contribution in [2.75, 3.05) is 0 Å². The predicted molar refractivity (Wildman–Crippen MR) is 39.4 cm³/mol. The summed E-state index contributed by atoms with van der Waals surface area (Å²) >= 11 is 0. The third kappa shape index (κ3) is 2.09. The molecule has 4 heteroatoms. The Balaban J connectivity index is 2.56. The van der Waals surface area contributed by atoms with E-state index in [1.54, 1.807) is 6.07 Å². The molecule has 0 saturated carbocycles. The Morgan fingerprint density at radius 1 is 1.73 bits per heavy atom. The first-order chi connectivity index (χ1) is 5.20. The third-order valence-electron chi connectivity index (χ3n) is 1.39. The van der Waals surface area contributed by atoms with Gasteiger partial charge in [-0.25, -0.2) is 0 Å². The molecule has 1 unspecified atom stereocenters. The highest BCUT2D eigenvalue weighted by atomic mass is 16.3. The summed E-state index contributed by atoms with van der Waals surface area (Å²) in [5.74, 6) is -0.404. The van der Waals surface area contributed by atoms with Crippen molar-refractivity contribution in [3.63, 3.8) is 0 Å². The van der Waals surface area contributed by atoms with Crippen molar-refractivity contribution in [2.45, 2.75) is 12.5 Å². The van der Waals surface area contributed by atoms with Gasteiger partial charge in [-0.1, -0.05) is 0 Å². The molecule has 0 bridgehead atoms. The lowest BCUT2D eigenvalue weighted by atomic mass is 10.1. The molecule has 1 amide bonds. The summed E-state index contributed by atoms with van der Waals surface area (Å²) < 4.78 is 4.79. The van der Waals surface area contributed by atoms with Crippen molar-refractivity contribution in [3.05, 3.63) is 24.2 Å². The van der Waals surface area contributed by atoms with Crippen molar-refractivity contribution in [1.82, 2.24) is 0 Å². The Labute approximate surface area is 64.2 Å².